The van der Waals surface area contributed by atoms with Crippen LogP contribution in [-0.4, -0.2) is 28.7 Å². The Balaban J connectivity index is 2.09. The molecule has 0 bridgehead atoms. The quantitative estimate of drug-likeness (QED) is 0.791. The highest BCUT2D eigenvalue weighted by Gasteiger charge is 2.23. The van der Waals surface area contributed by atoms with E-state index < -0.39 is 5.82 Å². The van der Waals surface area contributed by atoms with Crippen LogP contribution in [0.5, 0.6) is 5.75 Å². The van der Waals surface area contributed by atoms with Gasteiger partial charge in [-0.3, -0.25) is 9.36 Å². The highest BCUT2D eigenvalue weighted by Crippen LogP contribution is 2.23. The molecule has 1 saturated heterocycles. The molecule has 2 heterocycles. The van der Waals surface area contributed by atoms with Gasteiger partial charge >= 0.3 is 0 Å². The van der Waals surface area contributed by atoms with Crippen LogP contribution >= 0.6 is 0 Å². The minimum Gasteiger partial charge on any atom is -0.484 e. The molecule has 28 heavy (non-hydrogen) atoms. The molecule has 1 atom stereocenters. The number of nitriles is 1. The second kappa shape index (κ2) is 8.42. The predicted octanol–water partition coefficient (Wildman–Crippen LogP) is 3.33. The van der Waals surface area contributed by atoms with Gasteiger partial charge in [0, 0.05) is 13.1 Å². The first-order valence-electron chi connectivity index (χ1n) is 9.59. The molecule has 0 unspecified atom stereocenters. The van der Waals surface area contributed by atoms with Gasteiger partial charge in [0.25, 0.3) is 5.56 Å². The number of halogens is 1. The number of rotatable bonds is 5. The van der Waals surface area contributed by atoms with E-state index in [1.807, 2.05) is 13.8 Å². The largest absolute Gasteiger partial charge is 0.484 e. The zero-order valence-electron chi connectivity index (χ0n) is 16.5. The molecule has 1 fully saturated rings. The Morgan fingerprint density at radius 3 is 2.89 bits per heavy atom. The Morgan fingerprint density at radius 2 is 2.21 bits per heavy atom. The molecular formula is C21H25FN4O2. The van der Waals surface area contributed by atoms with Crippen molar-refractivity contribution in [1.82, 2.24) is 9.55 Å². The van der Waals surface area contributed by atoms with E-state index in [2.05, 4.69) is 22.9 Å². The van der Waals surface area contributed by atoms with Crippen molar-refractivity contribution in [1.29, 1.82) is 5.26 Å². The summed E-state index contributed by atoms with van der Waals surface area (Å²) < 4.78 is 20.9. The van der Waals surface area contributed by atoms with Gasteiger partial charge in [-0.15, -0.1) is 0 Å². The molecule has 6 nitrogen and oxygen atoms in total. The standard InChI is InChI=1S/C21H25FN4O2/c1-14(2)28-19-11-24-21(25-8-4-5-15(3)12-25)26(20(19)27)13-17-9-18(22)7-6-16(17)10-23/h6-7,9,11,14-15H,4-5,8,12-13H2,1-3H3/t15-/m0/s1. The molecular weight excluding hydrogens is 359 g/mol. The van der Waals surface area contributed by atoms with Crippen LogP contribution in [0.4, 0.5) is 10.3 Å². The van der Waals surface area contributed by atoms with E-state index in [1.54, 1.807) is 0 Å². The summed E-state index contributed by atoms with van der Waals surface area (Å²) in [7, 11) is 0. The van der Waals surface area contributed by atoms with Crippen LogP contribution in [0.1, 0.15) is 44.7 Å². The number of anilines is 1. The Bertz CT molecular complexity index is 948. The maximum absolute atomic E-state index is 13.8. The number of hydrogen-bond acceptors (Lipinski definition) is 5. The van der Waals surface area contributed by atoms with Gasteiger partial charge in [0.1, 0.15) is 5.82 Å². The summed E-state index contributed by atoms with van der Waals surface area (Å²) in [6, 6.07) is 6.04. The monoisotopic (exact) mass is 384 g/mol. The summed E-state index contributed by atoms with van der Waals surface area (Å²) in [5.41, 5.74) is 0.450. The van der Waals surface area contributed by atoms with Gasteiger partial charge in [0.2, 0.25) is 11.7 Å². The highest BCUT2D eigenvalue weighted by molar-refractivity contribution is 5.41. The van der Waals surface area contributed by atoms with Gasteiger partial charge in [-0.25, -0.2) is 9.37 Å². The molecule has 0 spiro atoms. The van der Waals surface area contributed by atoms with Crippen molar-refractivity contribution in [3.63, 3.8) is 0 Å². The van der Waals surface area contributed by atoms with Gasteiger partial charge < -0.3 is 9.64 Å². The summed E-state index contributed by atoms with van der Waals surface area (Å²) in [6.45, 7) is 7.50. The molecule has 1 aliphatic rings. The average molecular weight is 384 g/mol. The first-order valence-corrected chi connectivity index (χ1v) is 9.59. The van der Waals surface area contributed by atoms with Crippen LogP contribution in [0, 0.1) is 23.1 Å². The predicted molar refractivity (Wildman–Crippen MR) is 105 cm³/mol. The average Bonchev–Trinajstić information content (AvgIpc) is 2.65. The molecule has 1 aromatic heterocycles. The normalized spacial score (nSPS) is 16.9. The van der Waals surface area contributed by atoms with E-state index in [0.29, 0.717) is 23.0 Å². The number of hydrogen-bond donors (Lipinski definition) is 0. The molecule has 7 heteroatoms. The summed E-state index contributed by atoms with van der Waals surface area (Å²) in [6.07, 6.45) is 3.44. The number of aromatic nitrogens is 2. The van der Waals surface area contributed by atoms with Crippen molar-refractivity contribution in [3.05, 3.63) is 51.7 Å². The van der Waals surface area contributed by atoms with Crippen molar-refractivity contribution >= 4 is 5.95 Å². The number of piperidine rings is 1. The maximum atomic E-state index is 13.8. The van der Waals surface area contributed by atoms with Crippen molar-refractivity contribution in [3.8, 4) is 11.8 Å². The third-order valence-electron chi connectivity index (χ3n) is 4.81. The van der Waals surface area contributed by atoms with Crippen molar-refractivity contribution in [2.45, 2.75) is 46.3 Å². The fraction of sp³-hybridized carbons (Fsp3) is 0.476. The lowest BCUT2D eigenvalue weighted by molar-refractivity contribution is 0.236. The minimum absolute atomic E-state index is 0.0575. The molecule has 0 radical (unpaired) electrons. The van der Waals surface area contributed by atoms with Crippen LogP contribution in [0.25, 0.3) is 0 Å². The van der Waals surface area contributed by atoms with E-state index in [-0.39, 0.29) is 24.0 Å². The van der Waals surface area contributed by atoms with E-state index in [9.17, 15) is 14.4 Å². The van der Waals surface area contributed by atoms with Crippen molar-refractivity contribution < 1.29 is 9.13 Å². The lowest BCUT2D eigenvalue weighted by Gasteiger charge is -2.33. The van der Waals surface area contributed by atoms with Crippen molar-refractivity contribution in [2.75, 3.05) is 18.0 Å². The molecule has 0 aliphatic carbocycles. The molecule has 3 rings (SSSR count). The zero-order chi connectivity index (χ0) is 20.3. The topological polar surface area (TPSA) is 71.2 Å². The smallest absolute Gasteiger partial charge is 0.297 e. The molecule has 1 aliphatic heterocycles. The minimum atomic E-state index is -0.447. The molecule has 2 aromatic rings. The third-order valence-corrected chi connectivity index (χ3v) is 4.81. The zero-order valence-corrected chi connectivity index (χ0v) is 16.5. The van der Waals surface area contributed by atoms with E-state index >= 15 is 0 Å². The lowest BCUT2D eigenvalue weighted by Crippen LogP contribution is -2.39. The second-order valence-electron chi connectivity index (χ2n) is 7.59. The van der Waals surface area contributed by atoms with Gasteiger partial charge in [-0.2, -0.15) is 5.26 Å². The van der Waals surface area contributed by atoms with Gasteiger partial charge in [0.05, 0.1) is 30.5 Å². The van der Waals surface area contributed by atoms with E-state index in [4.69, 9.17) is 4.74 Å². The summed E-state index contributed by atoms with van der Waals surface area (Å²) in [4.78, 5) is 19.7. The Hall–Kier alpha value is -2.88. The SMILES string of the molecule is CC(C)Oc1cnc(N2CCC[C@H](C)C2)n(Cc2cc(F)ccc2C#N)c1=O. The Morgan fingerprint density at radius 1 is 1.43 bits per heavy atom. The fourth-order valence-corrected chi connectivity index (χ4v) is 3.54. The van der Waals surface area contributed by atoms with Crippen molar-refractivity contribution in [2.24, 2.45) is 5.92 Å². The molecule has 0 saturated carbocycles. The summed E-state index contributed by atoms with van der Waals surface area (Å²) in [5.74, 6) is 0.729. The van der Waals surface area contributed by atoms with E-state index in [1.165, 1.54) is 29.0 Å². The van der Waals surface area contributed by atoms with Crippen LogP contribution in [0.3, 0.4) is 0 Å². The molecule has 148 valence electrons. The van der Waals surface area contributed by atoms with Crippen LogP contribution in [0.2, 0.25) is 0 Å². The van der Waals surface area contributed by atoms with Gasteiger partial charge in [-0.05, 0) is 56.4 Å². The van der Waals surface area contributed by atoms with Gasteiger partial charge in [-0.1, -0.05) is 6.92 Å². The maximum Gasteiger partial charge on any atom is 0.297 e. The second-order valence-corrected chi connectivity index (χ2v) is 7.59. The Kier molecular flexibility index (Phi) is 5.98. The number of ether oxygens (including phenoxy) is 1. The van der Waals surface area contributed by atoms with Gasteiger partial charge in [0.15, 0.2) is 0 Å². The summed E-state index contributed by atoms with van der Waals surface area (Å²) >= 11 is 0. The molecule has 0 amide bonds. The van der Waals surface area contributed by atoms with Crippen LogP contribution in [0.15, 0.2) is 29.2 Å². The number of benzene rings is 1. The van der Waals surface area contributed by atoms with Crippen LogP contribution in [-0.2, 0) is 6.54 Å². The number of nitrogens with zero attached hydrogens (tertiary/aromatic N) is 4. The highest BCUT2D eigenvalue weighted by atomic mass is 19.1. The first-order chi connectivity index (χ1) is 13.4. The van der Waals surface area contributed by atoms with E-state index in [0.717, 1.165) is 25.9 Å². The summed E-state index contributed by atoms with van der Waals surface area (Å²) in [5, 5.41) is 9.37. The Labute approximate surface area is 164 Å². The molecule has 0 N–H and O–H groups in total. The third kappa shape index (κ3) is 4.33. The first kappa shape index (κ1) is 19.9. The van der Waals surface area contributed by atoms with Crippen LogP contribution < -0.4 is 15.2 Å². The lowest BCUT2D eigenvalue weighted by atomic mass is 10.0. The molecule has 1 aromatic carbocycles. The fourth-order valence-electron chi connectivity index (χ4n) is 3.54.